The third kappa shape index (κ3) is 4.99. The standard InChI is InChI=1S/C22H30N4O3S/c1-4-25(5-2)21-11-6-18(16-23-21)22(27)24-19-7-9-20(10-8-19)30(28,29)26-14-12-17(3)13-15-26/h6-11,16-17H,4-5,12-15H2,1-3H3,(H,24,27). The zero-order chi connectivity index (χ0) is 21.7. The highest BCUT2D eigenvalue weighted by Gasteiger charge is 2.27. The minimum Gasteiger partial charge on any atom is -0.357 e. The quantitative estimate of drug-likeness (QED) is 0.726. The van der Waals surface area contributed by atoms with Crippen LogP contribution in [-0.4, -0.2) is 49.8 Å². The number of carbonyl (C=O) groups is 1. The van der Waals surface area contributed by atoms with Gasteiger partial charge >= 0.3 is 0 Å². The number of anilines is 2. The maximum Gasteiger partial charge on any atom is 0.257 e. The molecule has 0 unspecified atom stereocenters. The maximum atomic E-state index is 12.8. The van der Waals surface area contributed by atoms with Gasteiger partial charge in [0.1, 0.15) is 5.82 Å². The third-order valence-corrected chi connectivity index (χ3v) is 7.50. The van der Waals surface area contributed by atoms with Crippen molar-refractivity contribution < 1.29 is 13.2 Å². The molecular formula is C22H30N4O3S. The second kappa shape index (κ2) is 9.57. The Morgan fingerprint density at radius 1 is 1.10 bits per heavy atom. The minimum absolute atomic E-state index is 0.250. The summed E-state index contributed by atoms with van der Waals surface area (Å²) in [4.78, 5) is 19.2. The Bertz CT molecular complexity index is 947. The van der Waals surface area contributed by atoms with E-state index in [-0.39, 0.29) is 10.8 Å². The smallest absolute Gasteiger partial charge is 0.257 e. The molecule has 0 radical (unpaired) electrons. The first-order valence-corrected chi connectivity index (χ1v) is 11.9. The van der Waals surface area contributed by atoms with Gasteiger partial charge in [-0.05, 0) is 69.0 Å². The lowest BCUT2D eigenvalue weighted by Crippen LogP contribution is -2.37. The summed E-state index contributed by atoms with van der Waals surface area (Å²) in [5, 5.41) is 2.80. The molecule has 1 aliphatic heterocycles. The van der Waals surface area contributed by atoms with Gasteiger partial charge in [0.15, 0.2) is 0 Å². The average Bonchev–Trinajstić information content (AvgIpc) is 2.76. The van der Waals surface area contributed by atoms with Gasteiger partial charge in [0, 0.05) is 38.1 Å². The average molecular weight is 431 g/mol. The Kier molecular flexibility index (Phi) is 7.10. The van der Waals surface area contributed by atoms with Crippen molar-refractivity contribution in [2.45, 2.75) is 38.5 Å². The van der Waals surface area contributed by atoms with Gasteiger partial charge < -0.3 is 10.2 Å². The largest absolute Gasteiger partial charge is 0.357 e. The zero-order valence-electron chi connectivity index (χ0n) is 17.8. The number of carbonyl (C=O) groups excluding carboxylic acids is 1. The fourth-order valence-electron chi connectivity index (χ4n) is 3.54. The van der Waals surface area contributed by atoms with Gasteiger partial charge in [0.25, 0.3) is 5.91 Å². The Balaban J connectivity index is 1.66. The third-order valence-electron chi connectivity index (χ3n) is 5.59. The molecule has 7 nitrogen and oxygen atoms in total. The number of pyridine rings is 1. The number of hydrogen-bond donors (Lipinski definition) is 1. The van der Waals surface area contributed by atoms with Crippen LogP contribution < -0.4 is 10.2 Å². The fraction of sp³-hybridized carbons (Fsp3) is 0.455. The Hall–Kier alpha value is -2.45. The van der Waals surface area contributed by atoms with Gasteiger partial charge in [-0.1, -0.05) is 6.92 Å². The van der Waals surface area contributed by atoms with E-state index in [0.29, 0.717) is 30.3 Å². The van der Waals surface area contributed by atoms with Crippen molar-refractivity contribution in [2.75, 3.05) is 36.4 Å². The van der Waals surface area contributed by atoms with Crippen molar-refractivity contribution >= 4 is 27.4 Å². The second-order valence-corrected chi connectivity index (χ2v) is 9.58. The lowest BCUT2D eigenvalue weighted by Gasteiger charge is -2.29. The number of sulfonamides is 1. The van der Waals surface area contributed by atoms with Crippen LogP contribution in [0.25, 0.3) is 0 Å². The van der Waals surface area contributed by atoms with E-state index in [9.17, 15) is 13.2 Å². The molecule has 2 heterocycles. The molecule has 30 heavy (non-hydrogen) atoms. The Labute approximate surface area is 179 Å². The van der Waals surface area contributed by atoms with Gasteiger partial charge in [-0.15, -0.1) is 0 Å². The monoisotopic (exact) mass is 430 g/mol. The molecule has 1 saturated heterocycles. The van der Waals surface area contributed by atoms with E-state index in [1.807, 2.05) is 6.07 Å². The molecule has 0 aliphatic carbocycles. The molecular weight excluding hydrogens is 400 g/mol. The minimum atomic E-state index is -3.49. The number of rotatable bonds is 7. The summed E-state index contributed by atoms with van der Waals surface area (Å²) >= 11 is 0. The number of aromatic nitrogens is 1. The summed E-state index contributed by atoms with van der Waals surface area (Å²) in [5.41, 5.74) is 0.990. The maximum absolute atomic E-state index is 12.8. The van der Waals surface area contributed by atoms with Gasteiger partial charge in [0.05, 0.1) is 10.5 Å². The first-order valence-electron chi connectivity index (χ1n) is 10.5. The first kappa shape index (κ1) is 22.2. The lowest BCUT2D eigenvalue weighted by molar-refractivity contribution is 0.102. The van der Waals surface area contributed by atoms with Crippen LogP contribution in [0, 0.1) is 5.92 Å². The number of nitrogens with zero attached hydrogens (tertiary/aromatic N) is 3. The number of nitrogens with one attached hydrogen (secondary N) is 1. The van der Waals surface area contributed by atoms with E-state index >= 15 is 0 Å². The van der Waals surface area contributed by atoms with E-state index in [1.165, 1.54) is 0 Å². The van der Waals surface area contributed by atoms with E-state index in [4.69, 9.17) is 0 Å². The van der Waals surface area contributed by atoms with Crippen molar-refractivity contribution in [1.82, 2.24) is 9.29 Å². The highest BCUT2D eigenvalue weighted by Crippen LogP contribution is 2.24. The van der Waals surface area contributed by atoms with Crippen LogP contribution in [-0.2, 0) is 10.0 Å². The molecule has 0 saturated carbocycles. The van der Waals surface area contributed by atoms with Gasteiger partial charge in [-0.25, -0.2) is 13.4 Å². The molecule has 3 rings (SSSR count). The van der Waals surface area contributed by atoms with Crippen molar-refractivity contribution in [2.24, 2.45) is 5.92 Å². The van der Waals surface area contributed by atoms with E-state index in [1.54, 1.807) is 40.8 Å². The number of hydrogen-bond acceptors (Lipinski definition) is 5. The van der Waals surface area contributed by atoms with E-state index in [2.05, 4.69) is 36.0 Å². The van der Waals surface area contributed by atoms with E-state index in [0.717, 1.165) is 31.7 Å². The molecule has 0 spiro atoms. The van der Waals surface area contributed by atoms with Crippen LogP contribution in [0.5, 0.6) is 0 Å². The van der Waals surface area contributed by atoms with Crippen molar-refractivity contribution in [3.63, 3.8) is 0 Å². The molecule has 8 heteroatoms. The molecule has 1 aromatic carbocycles. The molecule has 1 amide bonds. The van der Waals surface area contributed by atoms with Gasteiger partial charge in [0.2, 0.25) is 10.0 Å². The number of amides is 1. The molecule has 0 atom stereocenters. The van der Waals surface area contributed by atoms with Crippen LogP contribution in [0.2, 0.25) is 0 Å². The van der Waals surface area contributed by atoms with Crippen molar-refractivity contribution in [3.05, 3.63) is 48.2 Å². The van der Waals surface area contributed by atoms with Crippen LogP contribution in [0.3, 0.4) is 0 Å². The predicted molar refractivity (Wildman–Crippen MR) is 119 cm³/mol. The fourth-order valence-corrected chi connectivity index (χ4v) is 5.01. The van der Waals surface area contributed by atoms with Gasteiger partial charge in [-0.3, -0.25) is 4.79 Å². The SMILES string of the molecule is CCN(CC)c1ccc(C(=O)Nc2ccc(S(=O)(=O)N3CCC(C)CC3)cc2)cn1. The van der Waals surface area contributed by atoms with E-state index < -0.39 is 10.0 Å². The summed E-state index contributed by atoms with van der Waals surface area (Å²) in [6.45, 7) is 9.06. The van der Waals surface area contributed by atoms with Crippen LogP contribution in [0.15, 0.2) is 47.5 Å². The predicted octanol–water partition coefficient (Wildman–Crippen LogP) is 3.60. The summed E-state index contributed by atoms with van der Waals surface area (Å²) in [6.07, 6.45) is 3.32. The summed E-state index contributed by atoms with van der Waals surface area (Å²) in [5.74, 6) is 1.11. The summed E-state index contributed by atoms with van der Waals surface area (Å²) < 4.78 is 27.2. The lowest BCUT2D eigenvalue weighted by atomic mass is 10.0. The molecule has 1 fully saturated rings. The van der Waals surface area contributed by atoms with Crippen LogP contribution >= 0.6 is 0 Å². The number of benzene rings is 1. The molecule has 2 aromatic rings. The van der Waals surface area contributed by atoms with Crippen LogP contribution in [0.4, 0.5) is 11.5 Å². The molecule has 1 aliphatic rings. The Morgan fingerprint density at radius 3 is 2.27 bits per heavy atom. The summed E-state index contributed by atoms with van der Waals surface area (Å²) in [6, 6.07) is 9.91. The second-order valence-electron chi connectivity index (χ2n) is 7.64. The van der Waals surface area contributed by atoms with Gasteiger partial charge in [-0.2, -0.15) is 4.31 Å². The first-order chi connectivity index (χ1) is 14.3. The van der Waals surface area contributed by atoms with Crippen molar-refractivity contribution in [1.29, 1.82) is 0 Å². The molecule has 1 aromatic heterocycles. The normalized spacial score (nSPS) is 15.7. The van der Waals surface area contributed by atoms with Crippen LogP contribution in [0.1, 0.15) is 44.0 Å². The zero-order valence-corrected chi connectivity index (χ0v) is 18.7. The summed E-state index contributed by atoms with van der Waals surface area (Å²) in [7, 11) is -3.49. The Morgan fingerprint density at radius 2 is 1.73 bits per heavy atom. The molecule has 162 valence electrons. The van der Waals surface area contributed by atoms with Crippen molar-refractivity contribution in [3.8, 4) is 0 Å². The topological polar surface area (TPSA) is 82.6 Å². The highest BCUT2D eigenvalue weighted by atomic mass is 32.2. The molecule has 0 bridgehead atoms. The molecule has 1 N–H and O–H groups in total. The highest BCUT2D eigenvalue weighted by molar-refractivity contribution is 7.89. The number of piperidine rings is 1.